The minimum absolute atomic E-state index is 0.265. The molecule has 0 aromatic carbocycles. The van der Waals surface area contributed by atoms with E-state index in [1.165, 1.54) is 0 Å². The highest BCUT2D eigenvalue weighted by atomic mass is 35.5. The molecule has 0 bridgehead atoms. The fourth-order valence-electron chi connectivity index (χ4n) is 2.29. The van der Waals surface area contributed by atoms with Gasteiger partial charge < -0.3 is 9.88 Å². The predicted octanol–water partition coefficient (Wildman–Crippen LogP) is 1.57. The van der Waals surface area contributed by atoms with Gasteiger partial charge in [-0.15, -0.1) is 10.2 Å². The smallest absolute Gasteiger partial charge is 0.182 e. The Morgan fingerprint density at radius 3 is 2.94 bits per heavy atom. The van der Waals surface area contributed by atoms with Crippen LogP contribution in [-0.2, 0) is 6.54 Å². The predicted molar refractivity (Wildman–Crippen MR) is 66.3 cm³/mol. The van der Waals surface area contributed by atoms with Crippen molar-refractivity contribution in [2.24, 2.45) is 0 Å². The zero-order valence-electron chi connectivity index (χ0n) is 9.74. The highest BCUT2D eigenvalue weighted by Gasteiger charge is 2.32. The normalized spacial score (nSPS) is 19.2. The second-order valence-electron chi connectivity index (χ2n) is 4.65. The Labute approximate surface area is 108 Å². The van der Waals surface area contributed by atoms with Crippen LogP contribution < -0.4 is 5.32 Å². The maximum absolute atomic E-state index is 14.6. The molecule has 2 aromatic heterocycles. The Bertz CT molecular complexity index is 564. The molecule has 5 nitrogen and oxygen atoms in total. The van der Waals surface area contributed by atoms with E-state index in [1.807, 2.05) is 0 Å². The minimum Gasteiger partial charge on any atom is -0.316 e. The molecule has 1 saturated heterocycles. The summed E-state index contributed by atoms with van der Waals surface area (Å²) in [4.78, 5) is 4.17. The molecule has 7 heteroatoms. The summed E-state index contributed by atoms with van der Waals surface area (Å²) in [6.07, 6.45) is 2.61. The lowest BCUT2D eigenvalue weighted by Crippen LogP contribution is -2.41. The Balaban J connectivity index is 1.90. The molecule has 1 aliphatic heterocycles. The molecule has 1 N–H and O–H groups in total. The van der Waals surface area contributed by atoms with E-state index >= 15 is 0 Å². The third-order valence-corrected chi connectivity index (χ3v) is 3.47. The molecular weight excluding hydrogens is 257 g/mol. The van der Waals surface area contributed by atoms with Gasteiger partial charge in [0.2, 0.25) is 0 Å². The molecular formula is C11H13ClFN5. The minimum atomic E-state index is -1.19. The van der Waals surface area contributed by atoms with Gasteiger partial charge in [0.15, 0.2) is 10.8 Å². The van der Waals surface area contributed by atoms with Gasteiger partial charge >= 0.3 is 0 Å². The van der Waals surface area contributed by atoms with Crippen molar-refractivity contribution in [3.8, 4) is 0 Å². The standard InChI is InChI=1S/C11H13ClFN5/c12-9-5-8-10(17-16-9)18(7-15-8)6-11(13)1-3-14-4-2-11/h5,7,14H,1-4,6H2. The van der Waals surface area contributed by atoms with Crippen molar-refractivity contribution in [1.82, 2.24) is 25.1 Å². The summed E-state index contributed by atoms with van der Waals surface area (Å²) in [6.45, 7) is 1.68. The van der Waals surface area contributed by atoms with Gasteiger partial charge in [-0.2, -0.15) is 0 Å². The number of fused-ring (bicyclic) bond motifs is 1. The fourth-order valence-corrected chi connectivity index (χ4v) is 2.43. The molecule has 1 fully saturated rings. The maximum Gasteiger partial charge on any atom is 0.182 e. The number of nitrogens with one attached hydrogen (secondary N) is 1. The van der Waals surface area contributed by atoms with Crippen molar-refractivity contribution in [2.45, 2.75) is 25.1 Å². The van der Waals surface area contributed by atoms with Gasteiger partial charge in [0.1, 0.15) is 11.2 Å². The van der Waals surface area contributed by atoms with Crippen LogP contribution in [0.15, 0.2) is 12.4 Å². The average molecular weight is 270 g/mol. The number of nitrogens with zero attached hydrogens (tertiary/aromatic N) is 4. The Kier molecular flexibility index (Phi) is 2.91. The number of rotatable bonds is 2. The third-order valence-electron chi connectivity index (χ3n) is 3.29. The summed E-state index contributed by atoms with van der Waals surface area (Å²) in [7, 11) is 0. The fraction of sp³-hybridized carbons (Fsp3) is 0.545. The number of alkyl halides is 1. The molecule has 0 aliphatic carbocycles. The summed E-state index contributed by atoms with van der Waals surface area (Å²) in [5, 5.41) is 11.2. The summed E-state index contributed by atoms with van der Waals surface area (Å²) >= 11 is 5.74. The van der Waals surface area contributed by atoms with E-state index in [1.54, 1.807) is 17.0 Å². The molecule has 18 heavy (non-hydrogen) atoms. The zero-order valence-corrected chi connectivity index (χ0v) is 10.5. The number of hydrogen-bond acceptors (Lipinski definition) is 4. The van der Waals surface area contributed by atoms with E-state index in [0.29, 0.717) is 42.2 Å². The first-order valence-electron chi connectivity index (χ1n) is 5.90. The van der Waals surface area contributed by atoms with Crippen LogP contribution in [0.5, 0.6) is 0 Å². The third kappa shape index (κ3) is 2.18. The summed E-state index contributed by atoms with van der Waals surface area (Å²) in [5.74, 6) is 0. The van der Waals surface area contributed by atoms with Crippen molar-refractivity contribution in [1.29, 1.82) is 0 Å². The van der Waals surface area contributed by atoms with Crippen molar-refractivity contribution in [3.63, 3.8) is 0 Å². The van der Waals surface area contributed by atoms with Crippen LogP contribution in [0.3, 0.4) is 0 Å². The lowest BCUT2D eigenvalue weighted by atomic mass is 9.94. The first-order valence-corrected chi connectivity index (χ1v) is 6.28. The van der Waals surface area contributed by atoms with Gasteiger partial charge in [0.05, 0.1) is 12.9 Å². The van der Waals surface area contributed by atoms with Crippen LogP contribution in [0.4, 0.5) is 4.39 Å². The lowest BCUT2D eigenvalue weighted by molar-refractivity contribution is 0.0950. The number of aromatic nitrogens is 4. The van der Waals surface area contributed by atoms with Gasteiger partial charge in [-0.05, 0) is 25.9 Å². The van der Waals surface area contributed by atoms with E-state index in [2.05, 4.69) is 20.5 Å². The number of halogens is 2. The van der Waals surface area contributed by atoms with Crippen LogP contribution in [0.1, 0.15) is 12.8 Å². The molecule has 3 heterocycles. The summed E-state index contributed by atoms with van der Waals surface area (Å²) < 4.78 is 16.3. The molecule has 0 saturated carbocycles. The van der Waals surface area contributed by atoms with E-state index in [-0.39, 0.29) is 6.54 Å². The first kappa shape index (κ1) is 11.8. The molecule has 3 rings (SSSR count). The second kappa shape index (κ2) is 4.44. The van der Waals surface area contributed by atoms with Crippen molar-refractivity contribution in [2.75, 3.05) is 13.1 Å². The number of hydrogen-bond donors (Lipinski definition) is 1. The van der Waals surface area contributed by atoms with Gasteiger partial charge in [-0.1, -0.05) is 11.6 Å². The van der Waals surface area contributed by atoms with Gasteiger partial charge in [-0.25, -0.2) is 9.37 Å². The molecule has 0 radical (unpaired) electrons. The number of imidazole rings is 1. The summed E-state index contributed by atoms with van der Waals surface area (Å²) in [5.41, 5.74) is 0.0303. The number of piperidine rings is 1. The quantitative estimate of drug-likeness (QED) is 0.899. The van der Waals surface area contributed by atoms with Crippen molar-refractivity contribution < 1.29 is 4.39 Å². The topological polar surface area (TPSA) is 55.6 Å². The van der Waals surface area contributed by atoms with E-state index < -0.39 is 5.67 Å². The lowest BCUT2D eigenvalue weighted by Gasteiger charge is -2.30. The molecule has 0 unspecified atom stereocenters. The van der Waals surface area contributed by atoms with Crippen LogP contribution in [0.25, 0.3) is 11.2 Å². The van der Waals surface area contributed by atoms with Gasteiger partial charge in [0.25, 0.3) is 0 Å². The Morgan fingerprint density at radius 2 is 2.17 bits per heavy atom. The van der Waals surface area contributed by atoms with Crippen LogP contribution >= 0.6 is 11.6 Å². The monoisotopic (exact) mass is 269 g/mol. The Hall–Kier alpha value is -1.27. The van der Waals surface area contributed by atoms with E-state index in [0.717, 1.165) is 0 Å². The first-order chi connectivity index (χ1) is 8.66. The average Bonchev–Trinajstić information content (AvgIpc) is 2.72. The molecule has 0 atom stereocenters. The molecule has 0 amide bonds. The SMILES string of the molecule is FC1(Cn2cnc3cc(Cl)nnc32)CCNCC1. The van der Waals surface area contributed by atoms with Crippen LogP contribution in [-0.4, -0.2) is 38.5 Å². The van der Waals surface area contributed by atoms with E-state index in [4.69, 9.17) is 11.6 Å². The van der Waals surface area contributed by atoms with Crippen LogP contribution in [0.2, 0.25) is 5.15 Å². The largest absolute Gasteiger partial charge is 0.316 e. The van der Waals surface area contributed by atoms with Gasteiger partial charge in [-0.3, -0.25) is 0 Å². The van der Waals surface area contributed by atoms with Gasteiger partial charge in [0, 0.05) is 6.07 Å². The van der Waals surface area contributed by atoms with Crippen molar-refractivity contribution >= 4 is 22.8 Å². The van der Waals surface area contributed by atoms with E-state index in [9.17, 15) is 4.39 Å². The highest BCUT2D eigenvalue weighted by molar-refractivity contribution is 6.29. The molecule has 0 spiro atoms. The maximum atomic E-state index is 14.6. The molecule has 96 valence electrons. The molecule has 2 aromatic rings. The Morgan fingerprint density at radius 1 is 1.39 bits per heavy atom. The summed E-state index contributed by atoms with van der Waals surface area (Å²) in [6, 6.07) is 1.63. The van der Waals surface area contributed by atoms with Crippen LogP contribution in [0, 0.1) is 0 Å². The van der Waals surface area contributed by atoms with Crippen molar-refractivity contribution in [3.05, 3.63) is 17.5 Å². The zero-order chi connectivity index (χ0) is 12.6. The highest BCUT2D eigenvalue weighted by Crippen LogP contribution is 2.26. The molecule has 1 aliphatic rings. The second-order valence-corrected chi connectivity index (χ2v) is 5.04.